The number of amides is 1. The van der Waals surface area contributed by atoms with Crippen LogP contribution in [-0.4, -0.2) is 49.4 Å². The Morgan fingerprint density at radius 2 is 1.73 bits per heavy atom. The number of hydrogen-bond donors (Lipinski definition) is 1. The number of carbonyl (C=O) groups excluding carboxylic acids is 1. The summed E-state index contributed by atoms with van der Waals surface area (Å²) < 4.78 is 19.6. The number of ether oxygens (including phenoxy) is 3. The molecule has 0 radical (unpaired) electrons. The van der Waals surface area contributed by atoms with Crippen LogP contribution < -0.4 is 15.2 Å². The highest BCUT2D eigenvalue weighted by atomic mass is 16.6. The first-order valence-corrected chi connectivity index (χ1v) is 14.8. The molecule has 0 spiro atoms. The average molecular weight is 593 g/mol. The van der Waals surface area contributed by atoms with Gasteiger partial charge in [-0.25, -0.2) is 19.4 Å². The SMILES string of the molecule is CC(C)(C)OC(=O)N1CCC[C@@H](n2nc(-c3ccc(Oc4cccc(OCc5ccccc5)c4)cc3)c3c(N)ncnc32)C1. The molecule has 0 bridgehead atoms. The summed E-state index contributed by atoms with van der Waals surface area (Å²) in [5.41, 5.74) is 9.06. The third-order valence-electron chi connectivity index (χ3n) is 7.33. The molecule has 1 aliphatic rings. The molecule has 226 valence electrons. The first-order valence-electron chi connectivity index (χ1n) is 14.8. The van der Waals surface area contributed by atoms with Crippen molar-refractivity contribution in [3.8, 4) is 28.5 Å². The number of benzene rings is 3. The molecule has 3 heterocycles. The van der Waals surface area contributed by atoms with Crippen molar-refractivity contribution in [3.05, 3.63) is 90.8 Å². The van der Waals surface area contributed by atoms with E-state index in [1.165, 1.54) is 6.33 Å². The predicted octanol–water partition coefficient (Wildman–Crippen LogP) is 7.02. The van der Waals surface area contributed by atoms with E-state index in [4.69, 9.17) is 25.0 Å². The molecule has 10 nitrogen and oxygen atoms in total. The molecular formula is C34H36N6O4. The molecule has 0 unspecified atom stereocenters. The fourth-order valence-corrected chi connectivity index (χ4v) is 5.28. The van der Waals surface area contributed by atoms with Gasteiger partial charge in [-0.1, -0.05) is 36.4 Å². The molecule has 44 heavy (non-hydrogen) atoms. The average Bonchev–Trinajstić information content (AvgIpc) is 3.41. The molecule has 5 aromatic rings. The maximum Gasteiger partial charge on any atom is 0.410 e. The molecule has 1 amide bonds. The van der Waals surface area contributed by atoms with Crippen LogP contribution in [0.5, 0.6) is 17.2 Å². The summed E-state index contributed by atoms with van der Waals surface area (Å²) in [5.74, 6) is 2.41. The number of hydrogen-bond acceptors (Lipinski definition) is 8. The minimum absolute atomic E-state index is 0.0826. The van der Waals surface area contributed by atoms with Crippen LogP contribution in [0.1, 0.15) is 45.2 Å². The zero-order chi connectivity index (χ0) is 30.7. The molecule has 1 saturated heterocycles. The topological polar surface area (TPSA) is 118 Å². The highest BCUT2D eigenvalue weighted by Gasteiger charge is 2.31. The van der Waals surface area contributed by atoms with Crippen molar-refractivity contribution in [1.29, 1.82) is 0 Å². The van der Waals surface area contributed by atoms with Gasteiger partial charge >= 0.3 is 6.09 Å². The summed E-state index contributed by atoms with van der Waals surface area (Å²) in [5, 5.41) is 5.66. The maximum atomic E-state index is 12.8. The standard InChI is InChI=1S/C34H36N6O4/c1-34(2,3)44-33(41)39-18-8-11-25(20-39)40-32-29(31(35)36-22-37-32)30(38-40)24-14-16-26(17-15-24)43-28-13-7-12-27(19-28)42-21-23-9-5-4-6-10-23/h4-7,9-10,12-17,19,22,25H,8,11,18,20-21H2,1-3H3,(H2,35,36,37)/t25-/m1/s1. The summed E-state index contributed by atoms with van der Waals surface area (Å²) in [7, 11) is 0. The van der Waals surface area contributed by atoms with Crippen molar-refractivity contribution in [2.45, 2.75) is 51.9 Å². The Bertz CT molecular complexity index is 1750. The molecule has 1 aliphatic heterocycles. The number of aromatic nitrogens is 4. The molecule has 2 aromatic heterocycles. The second-order valence-corrected chi connectivity index (χ2v) is 11.8. The summed E-state index contributed by atoms with van der Waals surface area (Å²) in [6.07, 6.45) is 2.80. The van der Waals surface area contributed by atoms with Crippen molar-refractivity contribution >= 4 is 22.9 Å². The fourth-order valence-electron chi connectivity index (χ4n) is 5.28. The second kappa shape index (κ2) is 12.2. The highest BCUT2D eigenvalue weighted by molar-refractivity contribution is 5.98. The Morgan fingerprint density at radius 3 is 2.50 bits per heavy atom. The minimum atomic E-state index is -0.563. The summed E-state index contributed by atoms with van der Waals surface area (Å²) in [6.45, 7) is 7.19. The van der Waals surface area contributed by atoms with Crippen molar-refractivity contribution in [3.63, 3.8) is 0 Å². The van der Waals surface area contributed by atoms with Crippen molar-refractivity contribution in [2.75, 3.05) is 18.8 Å². The Labute approximate surface area is 256 Å². The predicted molar refractivity (Wildman–Crippen MR) is 169 cm³/mol. The molecule has 1 atom stereocenters. The van der Waals surface area contributed by atoms with Crippen LogP contribution in [0, 0.1) is 0 Å². The van der Waals surface area contributed by atoms with E-state index in [-0.39, 0.29) is 12.1 Å². The molecule has 0 saturated carbocycles. The lowest BCUT2D eigenvalue weighted by Gasteiger charge is -2.34. The Kier molecular flexibility index (Phi) is 8.06. The molecule has 3 aromatic carbocycles. The number of likely N-dealkylation sites (tertiary alicyclic amines) is 1. The largest absolute Gasteiger partial charge is 0.489 e. The first-order chi connectivity index (χ1) is 21.2. The number of fused-ring (bicyclic) bond motifs is 1. The quantitative estimate of drug-likeness (QED) is 0.214. The van der Waals surface area contributed by atoms with Crippen LogP contribution in [0.4, 0.5) is 10.6 Å². The van der Waals surface area contributed by atoms with E-state index >= 15 is 0 Å². The molecule has 10 heteroatoms. The smallest absolute Gasteiger partial charge is 0.410 e. The van der Waals surface area contributed by atoms with E-state index in [0.29, 0.717) is 53.7 Å². The van der Waals surface area contributed by atoms with Crippen LogP contribution in [0.25, 0.3) is 22.3 Å². The third kappa shape index (κ3) is 6.59. The van der Waals surface area contributed by atoms with E-state index in [1.54, 1.807) is 4.90 Å². The van der Waals surface area contributed by atoms with Crippen LogP contribution in [0.2, 0.25) is 0 Å². The van der Waals surface area contributed by atoms with Gasteiger partial charge in [0, 0.05) is 24.7 Å². The third-order valence-corrected chi connectivity index (χ3v) is 7.33. The van der Waals surface area contributed by atoms with Crippen LogP contribution in [-0.2, 0) is 11.3 Å². The molecule has 1 fully saturated rings. The lowest BCUT2D eigenvalue weighted by Crippen LogP contribution is -2.43. The van der Waals surface area contributed by atoms with Gasteiger partial charge in [0.05, 0.1) is 11.4 Å². The number of rotatable bonds is 7. The molecule has 2 N–H and O–H groups in total. The first kappa shape index (κ1) is 29.0. The van der Waals surface area contributed by atoms with E-state index < -0.39 is 5.60 Å². The highest BCUT2D eigenvalue weighted by Crippen LogP contribution is 2.35. The normalized spacial score (nSPS) is 15.2. The monoisotopic (exact) mass is 592 g/mol. The second-order valence-electron chi connectivity index (χ2n) is 11.8. The van der Waals surface area contributed by atoms with E-state index in [2.05, 4.69) is 9.97 Å². The Hall–Kier alpha value is -5.12. The van der Waals surface area contributed by atoms with E-state index in [1.807, 2.05) is 104 Å². The summed E-state index contributed by atoms with van der Waals surface area (Å²) in [6, 6.07) is 25.2. The van der Waals surface area contributed by atoms with E-state index in [9.17, 15) is 4.79 Å². The van der Waals surface area contributed by atoms with Crippen LogP contribution in [0.3, 0.4) is 0 Å². The van der Waals surface area contributed by atoms with Crippen LogP contribution >= 0.6 is 0 Å². The summed E-state index contributed by atoms with van der Waals surface area (Å²) in [4.78, 5) is 23.3. The Balaban J connectivity index is 1.21. The lowest BCUT2D eigenvalue weighted by atomic mass is 10.1. The number of nitrogens with two attached hydrogens (primary N) is 1. The zero-order valence-electron chi connectivity index (χ0n) is 25.1. The zero-order valence-corrected chi connectivity index (χ0v) is 25.1. The van der Waals surface area contributed by atoms with Gasteiger partial charge in [-0.05, 0) is 75.6 Å². The fraction of sp³-hybridized carbons (Fsp3) is 0.294. The van der Waals surface area contributed by atoms with Crippen LogP contribution in [0.15, 0.2) is 85.2 Å². The van der Waals surface area contributed by atoms with Crippen molar-refractivity contribution in [1.82, 2.24) is 24.6 Å². The van der Waals surface area contributed by atoms with Crippen molar-refractivity contribution < 1.29 is 19.0 Å². The number of carbonyl (C=O) groups is 1. The number of nitrogen functional groups attached to an aromatic ring is 1. The molecular weight excluding hydrogens is 556 g/mol. The number of anilines is 1. The van der Waals surface area contributed by atoms with Gasteiger partial charge < -0.3 is 24.8 Å². The van der Waals surface area contributed by atoms with Gasteiger partial charge in [0.1, 0.15) is 47.3 Å². The summed E-state index contributed by atoms with van der Waals surface area (Å²) >= 11 is 0. The van der Waals surface area contributed by atoms with Gasteiger partial charge in [-0.2, -0.15) is 5.10 Å². The number of nitrogens with zero attached hydrogens (tertiary/aromatic N) is 5. The van der Waals surface area contributed by atoms with Gasteiger partial charge in [0.25, 0.3) is 0 Å². The van der Waals surface area contributed by atoms with Gasteiger partial charge in [0.2, 0.25) is 0 Å². The van der Waals surface area contributed by atoms with Gasteiger partial charge in [-0.3, -0.25) is 0 Å². The van der Waals surface area contributed by atoms with Gasteiger partial charge in [-0.15, -0.1) is 0 Å². The maximum absolute atomic E-state index is 12.8. The molecule has 0 aliphatic carbocycles. The van der Waals surface area contributed by atoms with E-state index in [0.717, 1.165) is 29.7 Å². The minimum Gasteiger partial charge on any atom is -0.489 e. The van der Waals surface area contributed by atoms with Crippen molar-refractivity contribution in [2.24, 2.45) is 0 Å². The number of piperidine rings is 1. The Morgan fingerprint density at radius 1 is 0.955 bits per heavy atom. The van der Waals surface area contributed by atoms with Gasteiger partial charge in [0.15, 0.2) is 5.65 Å². The lowest BCUT2D eigenvalue weighted by molar-refractivity contribution is 0.0169. The molecule has 6 rings (SSSR count).